The molecule has 1 aliphatic heterocycles. The topological polar surface area (TPSA) is 76.1 Å². The van der Waals surface area contributed by atoms with Crippen LogP contribution in [0.5, 0.6) is 5.75 Å². The number of carboxylic acids is 1. The van der Waals surface area contributed by atoms with E-state index in [2.05, 4.69) is 0 Å². The van der Waals surface area contributed by atoms with Crippen LogP contribution < -0.4 is 9.64 Å². The lowest BCUT2D eigenvalue weighted by Crippen LogP contribution is -2.26. The van der Waals surface area contributed by atoms with Crippen molar-refractivity contribution >= 4 is 23.8 Å². The van der Waals surface area contributed by atoms with E-state index in [1.165, 1.54) is 6.08 Å². The van der Waals surface area contributed by atoms with Gasteiger partial charge in [-0.2, -0.15) is 0 Å². The van der Waals surface area contributed by atoms with Gasteiger partial charge in [0.15, 0.2) is 6.10 Å². The molecule has 1 aliphatic rings. The molecular weight excluding hydrogens is 322 g/mol. The van der Waals surface area contributed by atoms with E-state index in [1.807, 2.05) is 30.3 Å². The second-order valence-electron chi connectivity index (χ2n) is 5.50. The number of amides is 1. The molecule has 1 N–H and O–H groups in total. The second kappa shape index (κ2) is 7.53. The Kier molecular flexibility index (Phi) is 4.99. The number of carboxylic acid groups (broad SMARTS) is 1. The molecule has 0 aromatic heterocycles. The summed E-state index contributed by atoms with van der Waals surface area (Å²) < 4.78 is 11.0. The number of benzene rings is 2. The van der Waals surface area contributed by atoms with Gasteiger partial charge in [-0.3, -0.25) is 4.90 Å². The van der Waals surface area contributed by atoms with Gasteiger partial charge >= 0.3 is 12.1 Å². The van der Waals surface area contributed by atoms with E-state index in [1.54, 1.807) is 29.2 Å². The average molecular weight is 339 g/mol. The fourth-order valence-electron chi connectivity index (χ4n) is 2.46. The van der Waals surface area contributed by atoms with E-state index in [-0.39, 0.29) is 18.8 Å². The molecule has 0 spiro atoms. The number of hydrogen-bond donors (Lipinski definition) is 1. The summed E-state index contributed by atoms with van der Waals surface area (Å²) in [6.07, 6.45) is 1.85. The first-order valence-electron chi connectivity index (χ1n) is 7.79. The van der Waals surface area contributed by atoms with E-state index < -0.39 is 5.97 Å². The van der Waals surface area contributed by atoms with Gasteiger partial charge in [0.1, 0.15) is 12.4 Å². The van der Waals surface area contributed by atoms with Crippen LogP contribution in [0.4, 0.5) is 10.5 Å². The van der Waals surface area contributed by atoms with E-state index in [4.69, 9.17) is 14.6 Å². The van der Waals surface area contributed by atoms with Gasteiger partial charge in [-0.25, -0.2) is 9.59 Å². The number of anilines is 1. The summed E-state index contributed by atoms with van der Waals surface area (Å²) in [5.74, 6) is -0.368. The Hall–Kier alpha value is -3.28. The van der Waals surface area contributed by atoms with Gasteiger partial charge < -0.3 is 14.6 Å². The number of aliphatic carboxylic acids is 1. The van der Waals surface area contributed by atoms with Gasteiger partial charge in [0.05, 0.1) is 6.54 Å². The van der Waals surface area contributed by atoms with Crippen molar-refractivity contribution in [2.45, 2.75) is 6.10 Å². The van der Waals surface area contributed by atoms with Crippen LogP contribution in [0.2, 0.25) is 0 Å². The van der Waals surface area contributed by atoms with Crippen LogP contribution in [0.25, 0.3) is 6.08 Å². The third-order valence-electron chi connectivity index (χ3n) is 3.68. The smallest absolute Gasteiger partial charge is 0.414 e. The lowest BCUT2D eigenvalue weighted by molar-refractivity contribution is -0.131. The molecule has 1 saturated heterocycles. The van der Waals surface area contributed by atoms with Crippen molar-refractivity contribution in [2.24, 2.45) is 0 Å². The molecule has 1 amide bonds. The van der Waals surface area contributed by atoms with Crippen LogP contribution in [0.15, 0.2) is 60.7 Å². The maximum Gasteiger partial charge on any atom is 0.414 e. The molecule has 0 saturated carbocycles. The maximum absolute atomic E-state index is 12.0. The molecule has 2 aromatic carbocycles. The van der Waals surface area contributed by atoms with Crippen molar-refractivity contribution in [2.75, 3.05) is 18.1 Å². The largest absolute Gasteiger partial charge is 0.490 e. The number of carbonyl (C=O) groups is 2. The number of ether oxygens (including phenoxy) is 2. The van der Waals surface area contributed by atoms with Crippen LogP contribution >= 0.6 is 0 Å². The molecule has 1 atom stereocenters. The highest BCUT2D eigenvalue weighted by atomic mass is 16.6. The zero-order chi connectivity index (χ0) is 17.6. The number of cyclic esters (lactones) is 1. The van der Waals surface area contributed by atoms with E-state index in [0.717, 1.165) is 17.3 Å². The van der Waals surface area contributed by atoms with Gasteiger partial charge in [0, 0.05) is 11.8 Å². The average Bonchev–Trinajstić information content (AvgIpc) is 3.00. The molecule has 3 rings (SSSR count). The fraction of sp³-hybridized carbons (Fsp3) is 0.158. The molecular formula is C19H17NO5. The number of carbonyl (C=O) groups excluding carboxylic acids is 1. The van der Waals surface area contributed by atoms with Crippen molar-refractivity contribution in [3.05, 3.63) is 66.2 Å². The highest BCUT2D eigenvalue weighted by molar-refractivity contribution is 5.89. The molecule has 0 aliphatic carbocycles. The zero-order valence-corrected chi connectivity index (χ0v) is 13.4. The third-order valence-corrected chi connectivity index (χ3v) is 3.68. The molecule has 1 heterocycles. The van der Waals surface area contributed by atoms with Gasteiger partial charge in [0.2, 0.25) is 0 Å². The highest BCUT2D eigenvalue weighted by Crippen LogP contribution is 2.22. The predicted octanol–water partition coefficient (Wildman–Crippen LogP) is 3.19. The van der Waals surface area contributed by atoms with Gasteiger partial charge in [-0.05, 0) is 35.9 Å². The number of rotatable bonds is 6. The second-order valence-corrected chi connectivity index (χ2v) is 5.50. The van der Waals surface area contributed by atoms with Crippen LogP contribution in [-0.2, 0) is 9.53 Å². The van der Waals surface area contributed by atoms with Crippen molar-refractivity contribution in [3.63, 3.8) is 0 Å². The number of hydrogen-bond acceptors (Lipinski definition) is 4. The minimum Gasteiger partial charge on any atom is -0.490 e. The van der Waals surface area contributed by atoms with Gasteiger partial charge in [-0.1, -0.05) is 30.3 Å². The Morgan fingerprint density at radius 2 is 1.92 bits per heavy atom. The van der Waals surface area contributed by atoms with Crippen LogP contribution in [0.3, 0.4) is 0 Å². The van der Waals surface area contributed by atoms with Crippen molar-refractivity contribution in [1.29, 1.82) is 0 Å². The Morgan fingerprint density at radius 1 is 1.20 bits per heavy atom. The normalized spacial score (nSPS) is 16.9. The third kappa shape index (κ3) is 4.38. The molecule has 6 heteroatoms. The Labute approximate surface area is 144 Å². The number of nitrogens with zero attached hydrogens (tertiary/aromatic N) is 1. The highest BCUT2D eigenvalue weighted by Gasteiger charge is 2.32. The number of para-hydroxylation sites is 1. The molecule has 0 radical (unpaired) electrons. The maximum atomic E-state index is 12.0. The van der Waals surface area contributed by atoms with Crippen molar-refractivity contribution in [3.8, 4) is 5.75 Å². The predicted molar refractivity (Wildman–Crippen MR) is 92.7 cm³/mol. The molecule has 128 valence electrons. The minimum atomic E-state index is -0.994. The summed E-state index contributed by atoms with van der Waals surface area (Å²) >= 11 is 0. The molecule has 25 heavy (non-hydrogen) atoms. The van der Waals surface area contributed by atoms with Crippen LogP contribution in [0, 0.1) is 0 Å². The first kappa shape index (κ1) is 16.6. The first-order valence-corrected chi connectivity index (χ1v) is 7.79. The lowest BCUT2D eigenvalue weighted by atomic mass is 10.2. The van der Waals surface area contributed by atoms with Crippen molar-refractivity contribution in [1.82, 2.24) is 0 Å². The Balaban J connectivity index is 1.54. The monoisotopic (exact) mass is 339 g/mol. The molecule has 0 bridgehead atoms. The van der Waals surface area contributed by atoms with E-state index >= 15 is 0 Å². The summed E-state index contributed by atoms with van der Waals surface area (Å²) in [6.45, 7) is 0.682. The molecule has 2 aromatic rings. The summed E-state index contributed by atoms with van der Waals surface area (Å²) in [7, 11) is 0. The first-order chi connectivity index (χ1) is 12.1. The quantitative estimate of drug-likeness (QED) is 0.818. The summed E-state index contributed by atoms with van der Waals surface area (Å²) in [5.41, 5.74) is 1.56. The minimum absolute atomic E-state index is 0.249. The zero-order valence-electron chi connectivity index (χ0n) is 13.4. The Bertz CT molecular complexity index is 770. The summed E-state index contributed by atoms with van der Waals surface area (Å²) in [4.78, 5) is 24.0. The van der Waals surface area contributed by atoms with Crippen molar-refractivity contribution < 1.29 is 24.2 Å². The molecule has 1 unspecified atom stereocenters. The standard InChI is InChI=1S/C19H17NO5/c21-18(22)11-8-14-6-9-16(10-7-14)24-13-17-12-20(19(23)25-17)15-4-2-1-3-5-15/h1-11,17H,12-13H2,(H,21,22). The van der Waals surface area contributed by atoms with Crippen LogP contribution in [0.1, 0.15) is 5.56 Å². The lowest BCUT2D eigenvalue weighted by Gasteiger charge is -2.13. The van der Waals surface area contributed by atoms with Gasteiger partial charge in [0.25, 0.3) is 0 Å². The summed E-state index contributed by atoms with van der Waals surface area (Å²) in [6, 6.07) is 16.3. The Morgan fingerprint density at radius 3 is 2.60 bits per heavy atom. The molecule has 1 fully saturated rings. The SMILES string of the molecule is O=C(O)C=Cc1ccc(OCC2CN(c3ccccc3)C(=O)O2)cc1. The van der Waals surface area contributed by atoms with E-state index in [0.29, 0.717) is 12.3 Å². The molecule has 6 nitrogen and oxygen atoms in total. The fourth-order valence-corrected chi connectivity index (χ4v) is 2.46. The van der Waals surface area contributed by atoms with E-state index in [9.17, 15) is 9.59 Å². The summed E-state index contributed by atoms with van der Waals surface area (Å²) in [5, 5.41) is 8.60. The van der Waals surface area contributed by atoms with Crippen LogP contribution in [-0.4, -0.2) is 36.4 Å². The van der Waals surface area contributed by atoms with Gasteiger partial charge in [-0.15, -0.1) is 0 Å².